The molecule has 5 atom stereocenters. The number of carboxylic acid groups (broad SMARTS) is 2. The van der Waals surface area contributed by atoms with E-state index in [2.05, 4.69) is 26.2 Å². The molecule has 0 radical (unpaired) electrons. The van der Waals surface area contributed by atoms with Gasteiger partial charge >= 0.3 is 88.9 Å². The molecule has 61 heavy (non-hydrogen) atoms. The summed E-state index contributed by atoms with van der Waals surface area (Å²) in [5.74, 6) is -5.93. The van der Waals surface area contributed by atoms with Crippen molar-refractivity contribution in [2.75, 3.05) is 31.1 Å². The normalized spacial score (nSPS) is 23.7. The van der Waals surface area contributed by atoms with Crippen LogP contribution >= 0.6 is 23.5 Å². The summed E-state index contributed by atoms with van der Waals surface area (Å²) in [7, 11) is -1.93. The van der Waals surface area contributed by atoms with Crippen molar-refractivity contribution in [3.05, 3.63) is 41.1 Å². The van der Waals surface area contributed by atoms with E-state index in [1.807, 2.05) is 0 Å². The van der Waals surface area contributed by atoms with Gasteiger partial charge in [0, 0.05) is 38.2 Å². The Kier molecular flexibility index (Phi) is 15.8. The first-order valence-corrected chi connectivity index (χ1v) is 21.3. The Bertz CT molecular complexity index is 2310. The number of aliphatic carboxylic acids is 2. The van der Waals surface area contributed by atoms with Gasteiger partial charge in [0.15, 0.2) is 9.84 Å². The van der Waals surface area contributed by atoms with Gasteiger partial charge in [0.1, 0.15) is 40.3 Å². The summed E-state index contributed by atoms with van der Waals surface area (Å²) in [5, 5.41) is 43.7. The number of thioether (sulfide) groups is 2. The summed E-state index contributed by atoms with van der Waals surface area (Å²) >= 11 is 2.49. The van der Waals surface area contributed by atoms with E-state index < -0.39 is 91.0 Å². The number of hydrogen-bond donors (Lipinski definition) is 5. The summed E-state index contributed by atoms with van der Waals surface area (Å²) in [5.41, 5.74) is 0.536. The van der Waals surface area contributed by atoms with Crippen molar-refractivity contribution in [3.63, 3.8) is 0 Å². The number of fused-ring (bicyclic) bond motifs is 2. The van der Waals surface area contributed by atoms with Gasteiger partial charge in [-0.2, -0.15) is 0 Å². The molecule has 1 aromatic carbocycles. The number of aryl methyl sites for hydroxylation is 1. The second kappa shape index (κ2) is 19.3. The number of carboxylic acids is 2. The molecule has 28 heteroatoms. The minimum atomic E-state index is -3.57. The van der Waals surface area contributed by atoms with Gasteiger partial charge in [0.05, 0.1) is 11.2 Å². The summed E-state index contributed by atoms with van der Waals surface area (Å²) in [4.78, 5) is 103. The maximum Gasteiger partial charge on any atom is 1.00 e. The number of nitrogens with one attached hydrogen (secondary N) is 2. The molecule has 2 aromatic rings. The smallest absolute Gasteiger partial charge is 1.00 e. The van der Waals surface area contributed by atoms with Gasteiger partial charge in [0.2, 0.25) is 17.0 Å². The maximum absolute atomic E-state index is 13.6. The van der Waals surface area contributed by atoms with Crippen molar-refractivity contribution in [2.24, 2.45) is 7.05 Å². The quantitative estimate of drug-likeness (QED) is 0.0640. The van der Waals surface area contributed by atoms with Crippen LogP contribution in [-0.4, -0.2) is 170 Å². The van der Waals surface area contributed by atoms with Crippen LogP contribution in [-0.2, 0) is 50.4 Å². The molecule has 5 aliphatic rings. The summed E-state index contributed by atoms with van der Waals surface area (Å²) in [6.07, 6.45) is -0.0878. The van der Waals surface area contributed by atoms with E-state index >= 15 is 0 Å². The second-order valence-electron chi connectivity index (χ2n) is 14.2. The van der Waals surface area contributed by atoms with E-state index in [4.69, 9.17) is 5.11 Å². The Labute approximate surface area is 403 Å². The molecule has 0 spiro atoms. The van der Waals surface area contributed by atoms with E-state index in [1.54, 1.807) is 14.0 Å². The molecule has 0 saturated carbocycles. The molecule has 0 aliphatic carbocycles. The van der Waals surface area contributed by atoms with Crippen LogP contribution in [0.5, 0.6) is 5.75 Å². The predicted octanol–water partition coefficient (Wildman–Crippen LogP) is -7.67. The molecule has 6 heterocycles. The Morgan fingerprint density at radius 3 is 2.25 bits per heavy atom. The molecule has 23 nitrogen and oxygen atoms in total. The predicted molar refractivity (Wildman–Crippen MR) is 204 cm³/mol. The molecule has 7 rings (SSSR count). The molecule has 4 saturated heterocycles. The Hall–Kier alpha value is -3.76. The number of piperazine rings is 1. The number of carbonyl (C=O) groups is 8. The Morgan fingerprint density at radius 2 is 1.70 bits per heavy atom. The van der Waals surface area contributed by atoms with Crippen LogP contribution in [0.15, 0.2) is 40.7 Å². The van der Waals surface area contributed by atoms with Gasteiger partial charge in [-0.3, -0.25) is 33.8 Å². The zero-order chi connectivity index (χ0) is 43.3. The minimum Gasteiger partial charge on any atom is -1.00 e. The first-order chi connectivity index (χ1) is 27.7. The molecule has 5 aliphatic heterocycles. The van der Waals surface area contributed by atoms with Gasteiger partial charge in [-0.1, -0.05) is 23.9 Å². The second-order valence-corrected chi connectivity index (χ2v) is 18.9. The largest absolute Gasteiger partial charge is 1.00 e. The van der Waals surface area contributed by atoms with E-state index in [9.17, 15) is 57.0 Å². The average molecular weight is 927 g/mol. The van der Waals surface area contributed by atoms with E-state index in [1.165, 1.54) is 71.2 Å². The topological polar surface area (TPSA) is 312 Å². The number of amides is 7. The summed E-state index contributed by atoms with van der Waals surface area (Å²) in [6, 6.07) is 0.584. The van der Waals surface area contributed by atoms with Crippen molar-refractivity contribution >= 4 is 80.9 Å². The number of urea groups is 1. The number of carbonyl (C=O) groups excluding carboxylic acids is 6. The van der Waals surface area contributed by atoms with Gasteiger partial charge in [-0.25, -0.2) is 27.5 Å². The fourth-order valence-corrected chi connectivity index (χ4v) is 11.6. The third-order valence-corrected chi connectivity index (χ3v) is 15.6. The molecule has 1 aromatic heterocycles. The summed E-state index contributed by atoms with van der Waals surface area (Å²) < 4.78 is 23.8. The standard InChI is InChI=1S/C25H27N9O8S2.C8H11NO5S.2Na.2H/c1-3-32-8-9-33(21(39)20(32)38)24(42)27-15(12-4-6-14(35)7-5-12)18(36)26-16-19(37)34-17(23(40)41)13(10-43-22(16)34)11-44-25-28-29-30-31(25)2;1-8(2)6(7(11)12)9-4(10)3-5(9)15(8,13)14;;;;/h4-7,15-16,22,35H,3,8-11H2,1-2H3,(H,26,36)(H,27,42)(H,40,41);5-6H,3H2,1-2H3,(H,11,12);;;;/q;;2*+1;2*-1/t15-,16-,22-;5-,6+;;;;/m11..../s1. The third-order valence-electron chi connectivity index (χ3n) is 10.4. The number of benzene rings is 1. The van der Waals surface area contributed by atoms with Crippen LogP contribution in [0, 0.1) is 0 Å². The number of nitrogens with zero attached hydrogens (tertiary/aromatic N) is 8. The molecule has 320 valence electrons. The number of phenolic OH excluding ortho intramolecular Hbond substituents is 1. The fraction of sp³-hybridized carbons (Fsp3) is 0.485. The fourth-order valence-electron chi connectivity index (χ4n) is 7.09. The van der Waals surface area contributed by atoms with Crippen LogP contribution in [0.25, 0.3) is 0 Å². The molecule has 4 fully saturated rings. The molecule has 0 unspecified atom stereocenters. The van der Waals surface area contributed by atoms with E-state index in [0.29, 0.717) is 22.2 Å². The number of likely N-dealkylation sites (N-methyl/N-ethyl adjacent to an activating group) is 1. The Morgan fingerprint density at radius 1 is 1.05 bits per heavy atom. The van der Waals surface area contributed by atoms with Gasteiger partial charge < -0.3 is 38.6 Å². The number of hydrogen-bond acceptors (Lipinski definition) is 16. The molecule has 0 bridgehead atoms. The summed E-state index contributed by atoms with van der Waals surface area (Å²) in [6.45, 7) is 4.75. The number of imide groups is 1. The average Bonchev–Trinajstić information content (AvgIpc) is 3.65. The maximum atomic E-state index is 13.6. The van der Waals surface area contributed by atoms with Gasteiger partial charge in [0.25, 0.3) is 5.91 Å². The molecule has 7 amide bonds. The van der Waals surface area contributed by atoms with Crippen LogP contribution in [0.3, 0.4) is 0 Å². The SMILES string of the molecule is CC1(C)[C@H](C(=O)O)N2C(=O)C[C@H]2S1(=O)=O.CCN1CCN(C(=O)N[C@@H](C(=O)N[C@@H]2C(=O)N3C(C(=O)O)=C(CSc4nnnn4C)CS[C@H]23)c2ccc(O)cc2)C(=O)C1=O.[H-].[H-].[Na+].[Na+]. The van der Waals surface area contributed by atoms with Gasteiger partial charge in [-0.15, -0.1) is 16.9 Å². The number of rotatable bonds is 10. The monoisotopic (exact) mass is 926 g/mol. The Balaban J connectivity index is 0.000000610. The van der Waals surface area contributed by atoms with Crippen LogP contribution < -0.4 is 69.7 Å². The van der Waals surface area contributed by atoms with Crippen LogP contribution in [0.2, 0.25) is 0 Å². The van der Waals surface area contributed by atoms with E-state index in [0.717, 1.165) is 9.80 Å². The number of tetrazole rings is 1. The van der Waals surface area contributed by atoms with Crippen molar-refractivity contribution in [2.45, 2.75) is 66.0 Å². The minimum absolute atomic E-state index is 0. The zero-order valence-corrected chi connectivity index (χ0v) is 40.1. The number of phenols is 1. The first-order valence-electron chi connectivity index (χ1n) is 17.8. The number of sulfone groups is 1. The van der Waals surface area contributed by atoms with Crippen molar-refractivity contribution < 1.29 is 124 Å². The third kappa shape index (κ3) is 9.18. The van der Waals surface area contributed by atoms with Crippen LogP contribution in [0.4, 0.5) is 4.79 Å². The molecular formula is C33H40N10Na2O13S3. The molecular weight excluding hydrogens is 887 g/mol. The van der Waals surface area contributed by atoms with Crippen molar-refractivity contribution in [3.8, 4) is 5.75 Å². The van der Waals surface area contributed by atoms with Crippen molar-refractivity contribution in [1.29, 1.82) is 0 Å². The van der Waals surface area contributed by atoms with Gasteiger partial charge in [-0.05, 0) is 54.5 Å². The van der Waals surface area contributed by atoms with Crippen molar-refractivity contribution in [1.82, 2.24) is 50.4 Å². The molecule has 5 N–H and O–H groups in total. The first kappa shape index (κ1) is 49.9. The number of aromatic nitrogens is 4. The van der Waals surface area contributed by atoms with Crippen LogP contribution in [0.1, 0.15) is 41.7 Å². The zero-order valence-electron chi connectivity index (χ0n) is 35.7. The number of aromatic hydroxyl groups is 1. The number of β-lactam (4-membered cyclic amide) rings is 2. The van der Waals surface area contributed by atoms with E-state index in [-0.39, 0.29) is 110 Å².